The summed E-state index contributed by atoms with van der Waals surface area (Å²) in [6.45, 7) is 6.05. The molecule has 84 valence electrons. The zero-order valence-corrected chi connectivity index (χ0v) is 9.95. The van der Waals surface area contributed by atoms with E-state index in [4.69, 9.17) is 4.94 Å². The van der Waals surface area contributed by atoms with Crippen LogP contribution >= 0.6 is 0 Å². The van der Waals surface area contributed by atoms with Crippen LogP contribution in [0.3, 0.4) is 0 Å². The summed E-state index contributed by atoms with van der Waals surface area (Å²) in [6.07, 6.45) is 0.853. The van der Waals surface area contributed by atoms with Crippen molar-refractivity contribution in [2.45, 2.75) is 27.2 Å². The van der Waals surface area contributed by atoms with Crippen molar-refractivity contribution >= 4 is 5.71 Å². The summed E-state index contributed by atoms with van der Waals surface area (Å²) < 4.78 is 0. The van der Waals surface area contributed by atoms with Crippen molar-refractivity contribution < 1.29 is 4.94 Å². The second-order valence-corrected chi connectivity index (χ2v) is 2.55. The summed E-state index contributed by atoms with van der Waals surface area (Å²) >= 11 is 0. The molecule has 0 aliphatic heterocycles. The van der Waals surface area contributed by atoms with Crippen LogP contribution in [-0.2, 0) is 4.94 Å². The van der Waals surface area contributed by atoms with E-state index in [1.165, 1.54) is 0 Å². The lowest BCUT2D eigenvalue weighted by Crippen LogP contribution is -2.06. The molecule has 3 heteroatoms. The van der Waals surface area contributed by atoms with Crippen molar-refractivity contribution in [3.63, 3.8) is 0 Å². The van der Waals surface area contributed by atoms with Gasteiger partial charge in [0.25, 0.3) is 0 Å². The lowest BCUT2D eigenvalue weighted by Gasteiger charge is -2.02. The smallest absolute Gasteiger partial charge is 0.0891 e. The number of hydrogen-bond acceptors (Lipinski definition) is 3. The van der Waals surface area contributed by atoms with E-state index in [0.717, 1.165) is 17.7 Å². The van der Waals surface area contributed by atoms with Crippen LogP contribution in [0.4, 0.5) is 0 Å². The third kappa shape index (κ3) is 5.18. The molecule has 0 aliphatic carbocycles. The monoisotopic (exact) mass is 208 g/mol. The van der Waals surface area contributed by atoms with Crippen LogP contribution < -0.4 is 5.48 Å². The Balaban J connectivity index is 0.000000921. The Morgan fingerprint density at radius 2 is 1.87 bits per heavy atom. The molecular formula is C12H20N2O. The molecule has 0 saturated carbocycles. The maximum Gasteiger partial charge on any atom is 0.0891 e. The second kappa shape index (κ2) is 9.21. The maximum absolute atomic E-state index is 4.78. The van der Waals surface area contributed by atoms with Gasteiger partial charge in [0.05, 0.1) is 5.71 Å². The molecule has 0 aliphatic rings. The Morgan fingerprint density at radius 3 is 2.33 bits per heavy atom. The van der Waals surface area contributed by atoms with Gasteiger partial charge in [-0.25, -0.2) is 0 Å². The molecule has 0 unspecified atom stereocenters. The average molecular weight is 208 g/mol. The van der Waals surface area contributed by atoms with Gasteiger partial charge in [-0.15, -0.1) is 5.48 Å². The zero-order valence-electron chi connectivity index (χ0n) is 9.95. The predicted molar refractivity (Wildman–Crippen MR) is 64.8 cm³/mol. The molecule has 15 heavy (non-hydrogen) atoms. The van der Waals surface area contributed by atoms with Gasteiger partial charge in [0.15, 0.2) is 0 Å². The fourth-order valence-corrected chi connectivity index (χ4v) is 1.05. The summed E-state index contributed by atoms with van der Waals surface area (Å²) in [4.78, 5) is 4.78. The molecule has 1 rings (SSSR count). The molecule has 0 saturated heterocycles. The Morgan fingerprint density at radius 1 is 1.27 bits per heavy atom. The number of nitrogens with zero attached hydrogens (tertiary/aromatic N) is 1. The standard InChI is InChI=1S/C10H14N2O.C2H6/c1-3-10(12-13-11-2)9-7-5-4-6-8-9;1-2/h4-8,11H,3H2,1-2H3;1-2H3/b12-10+;. The van der Waals surface area contributed by atoms with Crippen LogP contribution in [0.25, 0.3) is 0 Å². The van der Waals surface area contributed by atoms with Crippen LogP contribution in [0, 0.1) is 0 Å². The Kier molecular flexibility index (Phi) is 8.39. The summed E-state index contributed by atoms with van der Waals surface area (Å²) in [5.41, 5.74) is 4.55. The highest BCUT2D eigenvalue weighted by Gasteiger charge is 1.99. The molecule has 0 spiro atoms. The molecule has 1 aromatic rings. The topological polar surface area (TPSA) is 33.6 Å². The number of hydroxylamine groups is 1. The van der Waals surface area contributed by atoms with Gasteiger partial charge in [0.1, 0.15) is 0 Å². The van der Waals surface area contributed by atoms with Crippen molar-refractivity contribution in [1.29, 1.82) is 0 Å². The van der Waals surface area contributed by atoms with Gasteiger partial charge in [0.2, 0.25) is 0 Å². The molecule has 0 radical (unpaired) electrons. The van der Waals surface area contributed by atoms with Crippen molar-refractivity contribution in [3.8, 4) is 0 Å². The number of nitrogens with one attached hydrogen (secondary N) is 1. The minimum Gasteiger partial charge on any atom is -0.300 e. The highest BCUT2D eigenvalue weighted by molar-refractivity contribution is 5.99. The van der Waals surface area contributed by atoms with E-state index in [0.29, 0.717) is 0 Å². The van der Waals surface area contributed by atoms with E-state index in [-0.39, 0.29) is 0 Å². The quantitative estimate of drug-likeness (QED) is 0.609. The molecule has 0 aromatic heterocycles. The highest BCUT2D eigenvalue weighted by Crippen LogP contribution is 2.03. The van der Waals surface area contributed by atoms with Gasteiger partial charge in [-0.05, 0) is 12.0 Å². The summed E-state index contributed by atoms with van der Waals surface area (Å²) in [6, 6.07) is 9.98. The molecule has 1 aromatic carbocycles. The van der Waals surface area contributed by atoms with E-state index in [1.807, 2.05) is 51.1 Å². The van der Waals surface area contributed by atoms with Crippen molar-refractivity contribution in [2.75, 3.05) is 7.05 Å². The zero-order chi connectivity index (χ0) is 11.5. The fourth-order valence-electron chi connectivity index (χ4n) is 1.05. The summed E-state index contributed by atoms with van der Waals surface area (Å²) in [7, 11) is 1.68. The van der Waals surface area contributed by atoms with Crippen LogP contribution in [0.15, 0.2) is 35.5 Å². The molecule has 0 amide bonds. The van der Waals surface area contributed by atoms with Crippen molar-refractivity contribution in [2.24, 2.45) is 5.16 Å². The third-order valence-electron chi connectivity index (χ3n) is 1.69. The molecule has 0 heterocycles. The lowest BCUT2D eigenvalue weighted by molar-refractivity contribution is 0.0642. The SMILES string of the molecule is CC.CC/C(=N\ONC)c1ccccc1. The number of hydrogen-bond donors (Lipinski definition) is 1. The van der Waals surface area contributed by atoms with E-state index in [1.54, 1.807) is 7.05 Å². The minimum absolute atomic E-state index is 0.853. The normalized spacial score (nSPS) is 10.3. The molecule has 0 bridgehead atoms. The largest absolute Gasteiger partial charge is 0.300 e. The third-order valence-corrected chi connectivity index (χ3v) is 1.69. The summed E-state index contributed by atoms with van der Waals surface area (Å²) in [5.74, 6) is 0. The van der Waals surface area contributed by atoms with Crippen LogP contribution in [-0.4, -0.2) is 12.8 Å². The Hall–Kier alpha value is -1.35. The second-order valence-electron chi connectivity index (χ2n) is 2.55. The molecule has 3 nitrogen and oxygen atoms in total. The van der Waals surface area contributed by atoms with Crippen LogP contribution in [0.5, 0.6) is 0 Å². The Bertz CT molecular complexity index is 270. The van der Waals surface area contributed by atoms with Gasteiger partial charge in [-0.2, -0.15) is 0 Å². The lowest BCUT2D eigenvalue weighted by atomic mass is 10.1. The molecule has 0 fully saturated rings. The fraction of sp³-hybridized carbons (Fsp3) is 0.417. The minimum atomic E-state index is 0.853. The van der Waals surface area contributed by atoms with Crippen LogP contribution in [0.1, 0.15) is 32.8 Å². The van der Waals surface area contributed by atoms with Gasteiger partial charge >= 0.3 is 0 Å². The van der Waals surface area contributed by atoms with Crippen molar-refractivity contribution in [1.82, 2.24) is 5.48 Å². The molecular weight excluding hydrogens is 188 g/mol. The summed E-state index contributed by atoms with van der Waals surface area (Å²) in [5, 5.41) is 3.94. The van der Waals surface area contributed by atoms with Gasteiger partial charge in [-0.3, -0.25) is 4.94 Å². The van der Waals surface area contributed by atoms with Crippen LogP contribution in [0.2, 0.25) is 0 Å². The first-order valence-electron chi connectivity index (χ1n) is 5.33. The number of rotatable bonds is 4. The van der Waals surface area contributed by atoms with E-state index >= 15 is 0 Å². The van der Waals surface area contributed by atoms with Crippen molar-refractivity contribution in [3.05, 3.63) is 35.9 Å². The average Bonchev–Trinajstić information content (AvgIpc) is 2.34. The maximum atomic E-state index is 4.78. The molecule has 1 N–H and O–H groups in total. The molecule has 0 atom stereocenters. The van der Waals surface area contributed by atoms with Gasteiger partial charge < -0.3 is 0 Å². The number of oxime groups is 1. The van der Waals surface area contributed by atoms with Gasteiger partial charge in [-0.1, -0.05) is 56.3 Å². The van der Waals surface area contributed by atoms with Gasteiger partial charge in [0, 0.05) is 7.05 Å². The first-order chi connectivity index (χ1) is 7.38. The first-order valence-corrected chi connectivity index (χ1v) is 5.33. The van der Waals surface area contributed by atoms with E-state index in [2.05, 4.69) is 10.6 Å². The Labute approximate surface area is 92.1 Å². The van der Waals surface area contributed by atoms with E-state index in [9.17, 15) is 0 Å². The number of benzene rings is 1. The predicted octanol–water partition coefficient (Wildman–Crippen LogP) is 2.98. The van der Waals surface area contributed by atoms with E-state index < -0.39 is 0 Å². The first kappa shape index (κ1) is 13.7. The highest BCUT2D eigenvalue weighted by atomic mass is 16.8.